The van der Waals surface area contributed by atoms with Crippen LogP contribution in [0.1, 0.15) is 11.3 Å². The Hall–Kier alpha value is -1.21. The number of nitrogens with one attached hydrogen (secondary N) is 1. The summed E-state index contributed by atoms with van der Waals surface area (Å²) in [4.78, 5) is 0. The van der Waals surface area contributed by atoms with E-state index >= 15 is 0 Å². The first-order chi connectivity index (χ1) is 9.31. The third kappa shape index (κ3) is 3.22. The van der Waals surface area contributed by atoms with Gasteiger partial charge in [0.25, 0.3) is 0 Å². The molecular weight excluding hydrogens is 357 g/mol. The molecule has 1 N–H and O–H groups in total. The zero-order chi connectivity index (χ0) is 13.1. The van der Waals surface area contributed by atoms with Gasteiger partial charge in [0, 0.05) is 6.54 Å². The molecule has 2 heterocycles. The molecule has 1 aliphatic heterocycles. The monoisotopic (exact) mass is 371 g/mol. The van der Waals surface area contributed by atoms with Gasteiger partial charge in [0.2, 0.25) is 0 Å². The van der Waals surface area contributed by atoms with Crippen LogP contribution >= 0.6 is 22.6 Å². The van der Waals surface area contributed by atoms with E-state index in [9.17, 15) is 0 Å². The van der Waals surface area contributed by atoms with E-state index in [4.69, 9.17) is 13.9 Å². The van der Waals surface area contributed by atoms with E-state index in [0.717, 1.165) is 34.1 Å². The van der Waals surface area contributed by atoms with Crippen molar-refractivity contribution in [3.8, 4) is 11.5 Å². The molecule has 19 heavy (non-hydrogen) atoms. The Morgan fingerprint density at radius 1 is 1.00 bits per heavy atom. The van der Waals surface area contributed by atoms with E-state index in [1.54, 1.807) is 0 Å². The van der Waals surface area contributed by atoms with E-state index in [-0.39, 0.29) is 0 Å². The van der Waals surface area contributed by atoms with Crippen LogP contribution in [0.15, 0.2) is 34.7 Å². The lowest BCUT2D eigenvalue weighted by Gasteiger charge is -2.18. The van der Waals surface area contributed by atoms with Crippen LogP contribution in [0.5, 0.6) is 11.5 Å². The van der Waals surface area contributed by atoms with Gasteiger partial charge < -0.3 is 19.2 Å². The number of furan rings is 1. The molecule has 2 aromatic rings. The minimum Gasteiger partial charge on any atom is -0.486 e. The van der Waals surface area contributed by atoms with Crippen molar-refractivity contribution in [2.24, 2.45) is 0 Å². The molecular formula is C14H14INO3. The Labute approximate surface area is 125 Å². The number of fused-ring (bicyclic) bond motifs is 1. The van der Waals surface area contributed by atoms with Gasteiger partial charge in [-0.25, -0.2) is 0 Å². The second kappa shape index (κ2) is 5.83. The summed E-state index contributed by atoms with van der Waals surface area (Å²) in [5.74, 6) is 2.61. The SMILES string of the molecule is Ic1ccc(CNCc2ccc3c(c2)OCCO3)o1. The highest BCUT2D eigenvalue weighted by molar-refractivity contribution is 14.1. The average Bonchev–Trinajstić information content (AvgIpc) is 2.84. The Balaban J connectivity index is 1.58. The molecule has 1 aromatic carbocycles. The molecule has 0 atom stereocenters. The lowest BCUT2D eigenvalue weighted by Crippen LogP contribution is -2.16. The fourth-order valence-corrected chi connectivity index (χ4v) is 2.44. The van der Waals surface area contributed by atoms with Crippen LogP contribution < -0.4 is 14.8 Å². The molecule has 5 heteroatoms. The second-order valence-electron chi connectivity index (χ2n) is 4.29. The molecule has 0 fully saturated rings. The highest BCUT2D eigenvalue weighted by Gasteiger charge is 2.11. The lowest BCUT2D eigenvalue weighted by atomic mass is 10.2. The summed E-state index contributed by atoms with van der Waals surface area (Å²) in [6, 6.07) is 9.97. The van der Waals surface area contributed by atoms with Crippen LogP contribution in [-0.2, 0) is 13.1 Å². The molecule has 0 saturated carbocycles. The zero-order valence-corrected chi connectivity index (χ0v) is 12.5. The normalized spacial score (nSPS) is 13.5. The van der Waals surface area contributed by atoms with Crippen molar-refractivity contribution >= 4 is 22.6 Å². The molecule has 3 rings (SSSR count). The molecule has 0 radical (unpaired) electrons. The summed E-state index contributed by atoms with van der Waals surface area (Å²) in [5.41, 5.74) is 1.17. The largest absolute Gasteiger partial charge is 0.486 e. The Morgan fingerprint density at radius 2 is 1.84 bits per heavy atom. The smallest absolute Gasteiger partial charge is 0.164 e. The van der Waals surface area contributed by atoms with Crippen LogP contribution in [0, 0.1) is 3.77 Å². The minimum atomic E-state index is 0.620. The van der Waals surface area contributed by atoms with E-state index < -0.39 is 0 Å². The Morgan fingerprint density at radius 3 is 2.63 bits per heavy atom. The predicted octanol–water partition coefficient (Wildman–Crippen LogP) is 2.95. The van der Waals surface area contributed by atoms with Gasteiger partial charge in [-0.2, -0.15) is 0 Å². The fourth-order valence-electron chi connectivity index (χ4n) is 1.97. The molecule has 0 saturated heterocycles. The van der Waals surface area contributed by atoms with E-state index in [1.165, 1.54) is 5.56 Å². The summed E-state index contributed by atoms with van der Waals surface area (Å²) in [7, 11) is 0. The number of rotatable bonds is 4. The first-order valence-corrected chi connectivity index (χ1v) is 7.22. The first-order valence-electron chi connectivity index (χ1n) is 6.15. The molecule has 1 aliphatic rings. The predicted molar refractivity (Wildman–Crippen MR) is 79.4 cm³/mol. The van der Waals surface area contributed by atoms with Crippen molar-refractivity contribution < 1.29 is 13.9 Å². The van der Waals surface area contributed by atoms with Crippen molar-refractivity contribution in [3.63, 3.8) is 0 Å². The molecule has 4 nitrogen and oxygen atoms in total. The molecule has 0 spiro atoms. The van der Waals surface area contributed by atoms with Gasteiger partial charge in [-0.05, 0) is 52.4 Å². The van der Waals surface area contributed by atoms with Crippen molar-refractivity contribution in [2.45, 2.75) is 13.1 Å². The van der Waals surface area contributed by atoms with Crippen molar-refractivity contribution in [3.05, 3.63) is 45.4 Å². The standard InChI is InChI=1S/C14H14INO3/c15-14-4-2-11(19-14)9-16-8-10-1-3-12-13(7-10)18-6-5-17-12/h1-4,7,16H,5-6,8-9H2. The number of benzene rings is 1. The fraction of sp³-hybridized carbons (Fsp3) is 0.286. The molecule has 1 aromatic heterocycles. The number of halogens is 1. The summed E-state index contributed by atoms with van der Waals surface area (Å²) >= 11 is 2.16. The topological polar surface area (TPSA) is 43.6 Å². The highest BCUT2D eigenvalue weighted by atomic mass is 127. The molecule has 0 unspecified atom stereocenters. The van der Waals surface area contributed by atoms with E-state index in [0.29, 0.717) is 13.2 Å². The van der Waals surface area contributed by atoms with Gasteiger partial charge in [0.1, 0.15) is 19.0 Å². The quantitative estimate of drug-likeness (QED) is 0.840. The van der Waals surface area contributed by atoms with Crippen molar-refractivity contribution in [1.82, 2.24) is 5.32 Å². The minimum absolute atomic E-state index is 0.620. The molecule has 0 bridgehead atoms. The number of ether oxygens (including phenoxy) is 2. The summed E-state index contributed by atoms with van der Waals surface area (Å²) in [6.45, 7) is 2.74. The van der Waals surface area contributed by atoms with Crippen LogP contribution in [-0.4, -0.2) is 13.2 Å². The van der Waals surface area contributed by atoms with Crippen molar-refractivity contribution in [1.29, 1.82) is 0 Å². The number of hydrogen-bond acceptors (Lipinski definition) is 4. The summed E-state index contributed by atoms with van der Waals surface area (Å²) < 4.78 is 17.5. The van der Waals surface area contributed by atoms with Gasteiger partial charge in [0.15, 0.2) is 15.3 Å². The van der Waals surface area contributed by atoms with Gasteiger partial charge in [-0.15, -0.1) is 0 Å². The molecule has 0 amide bonds. The van der Waals surface area contributed by atoms with Crippen molar-refractivity contribution in [2.75, 3.05) is 13.2 Å². The Kier molecular flexibility index (Phi) is 3.93. The van der Waals surface area contributed by atoms with Crippen LogP contribution in [0.25, 0.3) is 0 Å². The third-order valence-electron chi connectivity index (χ3n) is 2.86. The maximum atomic E-state index is 5.56. The zero-order valence-electron chi connectivity index (χ0n) is 10.3. The summed E-state index contributed by atoms with van der Waals surface area (Å²) in [6.07, 6.45) is 0. The first kappa shape index (κ1) is 12.8. The lowest BCUT2D eigenvalue weighted by molar-refractivity contribution is 0.171. The molecule has 100 valence electrons. The van der Waals surface area contributed by atoms with Crippen LogP contribution in [0.2, 0.25) is 0 Å². The van der Waals surface area contributed by atoms with Crippen LogP contribution in [0.4, 0.5) is 0 Å². The van der Waals surface area contributed by atoms with Crippen LogP contribution in [0.3, 0.4) is 0 Å². The third-order valence-corrected chi connectivity index (χ3v) is 3.44. The maximum absolute atomic E-state index is 5.56. The average molecular weight is 371 g/mol. The van der Waals surface area contributed by atoms with Gasteiger partial charge >= 0.3 is 0 Å². The number of hydrogen-bond donors (Lipinski definition) is 1. The van der Waals surface area contributed by atoms with E-state index in [1.807, 2.05) is 30.3 Å². The highest BCUT2D eigenvalue weighted by Crippen LogP contribution is 2.30. The Bertz CT molecular complexity index is 568. The summed E-state index contributed by atoms with van der Waals surface area (Å²) in [5, 5.41) is 3.34. The van der Waals surface area contributed by atoms with Gasteiger partial charge in [-0.3, -0.25) is 0 Å². The molecule has 0 aliphatic carbocycles. The van der Waals surface area contributed by atoms with Gasteiger partial charge in [0.05, 0.1) is 6.54 Å². The maximum Gasteiger partial charge on any atom is 0.164 e. The second-order valence-corrected chi connectivity index (χ2v) is 5.35. The van der Waals surface area contributed by atoms with Gasteiger partial charge in [-0.1, -0.05) is 6.07 Å². The van der Waals surface area contributed by atoms with E-state index in [2.05, 4.69) is 27.9 Å².